The summed E-state index contributed by atoms with van der Waals surface area (Å²) in [5.74, 6) is -3.86. The molecule has 0 aliphatic heterocycles. The van der Waals surface area contributed by atoms with Gasteiger partial charge in [0.2, 0.25) is 17.6 Å². The van der Waals surface area contributed by atoms with E-state index in [-0.39, 0.29) is 6.04 Å². The molecule has 5 rings (SSSR count). The first kappa shape index (κ1) is 30.3. The lowest BCUT2D eigenvalue weighted by Crippen LogP contribution is -2.47. The van der Waals surface area contributed by atoms with Gasteiger partial charge in [-0.2, -0.15) is 13.2 Å². The molecule has 1 aliphatic carbocycles. The van der Waals surface area contributed by atoms with E-state index in [9.17, 15) is 31.9 Å². The third kappa shape index (κ3) is 7.25. The van der Waals surface area contributed by atoms with Crippen molar-refractivity contribution in [1.82, 2.24) is 9.80 Å². The zero-order chi connectivity index (χ0) is 31.4. The van der Waals surface area contributed by atoms with Gasteiger partial charge in [-0.25, -0.2) is 4.39 Å². The van der Waals surface area contributed by atoms with Gasteiger partial charge in [0.25, 0.3) is 5.91 Å². The van der Waals surface area contributed by atoms with E-state index >= 15 is 0 Å². The van der Waals surface area contributed by atoms with Crippen molar-refractivity contribution in [3.63, 3.8) is 0 Å². The van der Waals surface area contributed by atoms with Gasteiger partial charge in [-0.1, -0.05) is 24.3 Å². The SMILES string of the molecule is CN(C(=O)CN(CC(=O)Nc1ccc(Oc2ccc(F)cc2)cc1)C(=O)c1ccc(C(F)(F)F)o1)C1Cc2ccccc2C1. The lowest BCUT2D eigenvalue weighted by molar-refractivity contribution is -0.153. The molecule has 0 bridgehead atoms. The van der Waals surface area contributed by atoms with Gasteiger partial charge in [0.1, 0.15) is 30.4 Å². The molecule has 0 atom stereocenters. The van der Waals surface area contributed by atoms with Gasteiger partial charge in [-0.3, -0.25) is 14.4 Å². The highest BCUT2D eigenvalue weighted by Crippen LogP contribution is 2.31. The smallest absolute Gasteiger partial charge is 0.449 e. The number of amides is 3. The predicted molar refractivity (Wildman–Crippen MR) is 152 cm³/mol. The Morgan fingerprint density at radius 1 is 0.864 bits per heavy atom. The second-order valence-corrected chi connectivity index (χ2v) is 10.3. The Kier molecular flexibility index (Phi) is 8.70. The highest BCUT2D eigenvalue weighted by atomic mass is 19.4. The number of alkyl halides is 3. The number of ether oxygens (including phenoxy) is 1. The van der Waals surface area contributed by atoms with Gasteiger partial charge in [-0.05, 0) is 84.6 Å². The Morgan fingerprint density at radius 3 is 2.02 bits per heavy atom. The van der Waals surface area contributed by atoms with Crippen LogP contribution in [0.1, 0.15) is 27.4 Å². The van der Waals surface area contributed by atoms with Crippen LogP contribution >= 0.6 is 0 Å². The Morgan fingerprint density at radius 2 is 1.45 bits per heavy atom. The first-order valence-electron chi connectivity index (χ1n) is 13.6. The molecule has 0 unspecified atom stereocenters. The van der Waals surface area contributed by atoms with Crippen molar-refractivity contribution in [3.8, 4) is 11.5 Å². The van der Waals surface area contributed by atoms with Crippen molar-refractivity contribution in [2.75, 3.05) is 25.5 Å². The Hall–Kier alpha value is -5.13. The summed E-state index contributed by atoms with van der Waals surface area (Å²) in [7, 11) is 1.59. The normalized spacial score (nSPS) is 12.8. The van der Waals surface area contributed by atoms with Crippen LogP contribution < -0.4 is 10.1 Å². The summed E-state index contributed by atoms with van der Waals surface area (Å²) in [6, 6.07) is 20.7. The highest BCUT2D eigenvalue weighted by Gasteiger charge is 2.37. The third-order valence-corrected chi connectivity index (χ3v) is 7.20. The molecule has 0 saturated heterocycles. The number of benzene rings is 3. The number of carbonyl (C=O) groups is 3. The fraction of sp³-hybridized carbons (Fsp3) is 0.219. The van der Waals surface area contributed by atoms with Crippen molar-refractivity contribution >= 4 is 23.4 Å². The Bertz CT molecular complexity index is 1630. The number of fused-ring (bicyclic) bond motifs is 1. The molecule has 3 aromatic carbocycles. The number of rotatable bonds is 9. The first-order chi connectivity index (χ1) is 21.0. The number of likely N-dealkylation sites (N-methyl/N-ethyl adjacent to an activating group) is 1. The molecule has 44 heavy (non-hydrogen) atoms. The molecule has 3 amide bonds. The molecule has 0 saturated carbocycles. The number of carbonyl (C=O) groups excluding carboxylic acids is 3. The van der Waals surface area contributed by atoms with Gasteiger partial charge in [0.05, 0.1) is 0 Å². The van der Waals surface area contributed by atoms with Gasteiger partial charge in [0, 0.05) is 18.8 Å². The van der Waals surface area contributed by atoms with Gasteiger partial charge < -0.3 is 24.3 Å². The van der Waals surface area contributed by atoms with Crippen LogP contribution in [-0.4, -0.2) is 53.7 Å². The van der Waals surface area contributed by atoms with Crippen molar-refractivity contribution in [2.45, 2.75) is 25.1 Å². The van der Waals surface area contributed by atoms with Crippen molar-refractivity contribution < 1.29 is 41.1 Å². The summed E-state index contributed by atoms with van der Waals surface area (Å²) in [5.41, 5.74) is 2.54. The highest BCUT2D eigenvalue weighted by molar-refractivity contribution is 5.99. The minimum atomic E-state index is -4.82. The number of hydrogen-bond donors (Lipinski definition) is 1. The summed E-state index contributed by atoms with van der Waals surface area (Å²) in [6.45, 7) is -1.21. The Labute approximate surface area is 249 Å². The molecular weight excluding hydrogens is 582 g/mol. The van der Waals surface area contributed by atoms with E-state index in [4.69, 9.17) is 9.15 Å². The average molecular weight is 610 g/mol. The van der Waals surface area contributed by atoms with Crippen molar-refractivity contribution in [1.29, 1.82) is 0 Å². The average Bonchev–Trinajstić information content (AvgIpc) is 3.66. The second-order valence-electron chi connectivity index (χ2n) is 10.3. The lowest BCUT2D eigenvalue weighted by atomic mass is 10.1. The minimum Gasteiger partial charge on any atom is -0.457 e. The molecule has 0 radical (unpaired) electrons. The molecule has 228 valence electrons. The minimum absolute atomic E-state index is 0.179. The molecular formula is C32H27F4N3O5. The molecule has 12 heteroatoms. The monoisotopic (exact) mass is 609 g/mol. The van der Waals surface area contributed by atoms with Gasteiger partial charge in [0.15, 0.2) is 5.76 Å². The molecule has 1 N–H and O–H groups in total. The van der Waals surface area contributed by atoms with Crippen LogP contribution in [0, 0.1) is 5.82 Å². The number of nitrogens with zero attached hydrogens (tertiary/aromatic N) is 2. The molecule has 0 fully saturated rings. The van der Waals surface area contributed by atoms with Crippen LogP contribution in [-0.2, 0) is 28.6 Å². The number of hydrogen-bond acceptors (Lipinski definition) is 5. The second kappa shape index (κ2) is 12.6. The maximum Gasteiger partial charge on any atom is 0.449 e. The van der Waals surface area contributed by atoms with E-state index in [1.165, 1.54) is 41.3 Å². The molecule has 8 nitrogen and oxygen atoms in total. The zero-order valence-electron chi connectivity index (χ0n) is 23.4. The fourth-order valence-corrected chi connectivity index (χ4v) is 4.87. The topological polar surface area (TPSA) is 92.1 Å². The number of nitrogens with one attached hydrogen (secondary N) is 1. The van der Waals surface area contributed by atoms with Crippen LogP contribution in [0.15, 0.2) is 89.3 Å². The number of anilines is 1. The van der Waals surface area contributed by atoms with E-state index < -0.39 is 54.3 Å². The molecule has 1 aliphatic rings. The summed E-state index contributed by atoms with van der Waals surface area (Å²) in [4.78, 5) is 41.9. The summed E-state index contributed by atoms with van der Waals surface area (Å²) < 4.78 is 62.8. The largest absolute Gasteiger partial charge is 0.457 e. The number of furan rings is 1. The summed E-state index contributed by atoms with van der Waals surface area (Å²) in [6.07, 6.45) is -3.59. The molecule has 1 heterocycles. The van der Waals surface area contributed by atoms with E-state index in [0.29, 0.717) is 36.1 Å². The maximum absolute atomic E-state index is 13.3. The third-order valence-electron chi connectivity index (χ3n) is 7.20. The van der Waals surface area contributed by atoms with Crippen LogP contribution in [0.25, 0.3) is 0 Å². The van der Waals surface area contributed by atoms with Gasteiger partial charge >= 0.3 is 6.18 Å². The van der Waals surface area contributed by atoms with E-state index in [1.807, 2.05) is 24.3 Å². The molecule has 0 spiro atoms. The van der Waals surface area contributed by atoms with E-state index in [0.717, 1.165) is 22.1 Å². The number of halogens is 4. The Balaban J connectivity index is 1.27. The van der Waals surface area contributed by atoms with Crippen LogP contribution in [0.3, 0.4) is 0 Å². The van der Waals surface area contributed by atoms with Crippen LogP contribution in [0.2, 0.25) is 0 Å². The summed E-state index contributed by atoms with van der Waals surface area (Å²) in [5, 5.41) is 2.60. The maximum atomic E-state index is 13.3. The van der Waals surface area contributed by atoms with Crippen LogP contribution in [0.4, 0.5) is 23.2 Å². The van der Waals surface area contributed by atoms with E-state index in [1.54, 1.807) is 19.2 Å². The van der Waals surface area contributed by atoms with Crippen molar-refractivity contribution in [2.24, 2.45) is 0 Å². The predicted octanol–water partition coefficient (Wildman–Crippen LogP) is 5.94. The zero-order valence-corrected chi connectivity index (χ0v) is 23.4. The van der Waals surface area contributed by atoms with Gasteiger partial charge in [-0.15, -0.1) is 0 Å². The lowest BCUT2D eigenvalue weighted by Gasteiger charge is -2.28. The standard InChI is InChI=1S/C32H27F4N3O5/c1-38(24-16-20-4-2-3-5-21(20)17-24)30(41)19-39(31(42)27-14-15-28(44-27)32(34,35)36)18-29(40)37-23-8-12-26(13-9-23)43-25-10-6-22(33)7-11-25/h2-15,24H,16-19H2,1H3,(H,37,40). The summed E-state index contributed by atoms with van der Waals surface area (Å²) >= 11 is 0. The van der Waals surface area contributed by atoms with Crippen molar-refractivity contribution in [3.05, 3.63) is 113 Å². The van der Waals surface area contributed by atoms with E-state index in [2.05, 4.69) is 5.32 Å². The van der Waals surface area contributed by atoms with Crippen LogP contribution in [0.5, 0.6) is 11.5 Å². The quantitative estimate of drug-likeness (QED) is 0.238. The fourth-order valence-electron chi connectivity index (χ4n) is 4.87. The molecule has 1 aromatic heterocycles. The first-order valence-corrected chi connectivity index (χ1v) is 13.6. The molecule has 4 aromatic rings.